The smallest absolute Gasteiger partial charge is 0.138 e. The molecule has 0 aliphatic heterocycles. The Labute approximate surface area is 114 Å². The lowest BCUT2D eigenvalue weighted by Crippen LogP contribution is -2.01. The quantitative estimate of drug-likeness (QED) is 0.508. The zero-order valence-corrected chi connectivity index (χ0v) is 12.0. The van der Waals surface area contributed by atoms with Gasteiger partial charge in [-0.1, -0.05) is 24.8 Å². The molecule has 3 nitrogen and oxygen atoms in total. The van der Waals surface area contributed by atoms with Crippen molar-refractivity contribution in [3.63, 3.8) is 0 Å². The van der Waals surface area contributed by atoms with Gasteiger partial charge in [0.15, 0.2) is 0 Å². The maximum Gasteiger partial charge on any atom is 0.138 e. The van der Waals surface area contributed by atoms with Gasteiger partial charge < -0.3 is 10.1 Å². The molecule has 0 atom stereocenters. The summed E-state index contributed by atoms with van der Waals surface area (Å²) in [6.45, 7) is 9.37. The number of nitrogens with zero attached hydrogens (tertiary/aromatic N) is 1. The summed E-state index contributed by atoms with van der Waals surface area (Å²) in [7, 11) is 1.53. The monoisotopic (exact) mass is 350 g/mol. The van der Waals surface area contributed by atoms with Crippen molar-refractivity contribution in [1.82, 2.24) is 4.98 Å². The molecule has 1 aromatic rings. The van der Waals surface area contributed by atoms with E-state index in [0.717, 1.165) is 15.1 Å². The van der Waals surface area contributed by atoms with Gasteiger partial charge >= 0.3 is 0 Å². The van der Waals surface area contributed by atoms with Crippen LogP contribution in [0.25, 0.3) is 5.76 Å². The Morgan fingerprint density at radius 1 is 1.56 bits per heavy atom. The zero-order valence-electron chi connectivity index (χ0n) is 9.10. The number of nitrogens with one attached hydrogen (secondary N) is 1. The van der Waals surface area contributed by atoms with Crippen LogP contribution in [0, 0.1) is 3.70 Å². The molecular weight excluding hydrogens is 338 g/mol. The largest absolute Gasteiger partial charge is 0.495 e. The number of rotatable bonds is 4. The Kier molecular flexibility index (Phi) is 4.61. The van der Waals surface area contributed by atoms with Crippen LogP contribution in [0.3, 0.4) is 0 Å². The summed E-state index contributed by atoms with van der Waals surface area (Å²) in [6, 6.07) is 1.84. The SMILES string of the molecule is C=C(C)Nc1cc(I)nc(C(=C)OC)c1Cl. The molecule has 0 aromatic carbocycles. The number of halogens is 2. The van der Waals surface area contributed by atoms with Crippen LogP contribution in [0.2, 0.25) is 5.02 Å². The lowest BCUT2D eigenvalue weighted by molar-refractivity contribution is 0.369. The van der Waals surface area contributed by atoms with E-state index in [-0.39, 0.29) is 0 Å². The number of anilines is 1. The van der Waals surface area contributed by atoms with Crippen LogP contribution in [0.4, 0.5) is 5.69 Å². The fourth-order valence-corrected chi connectivity index (χ4v) is 1.90. The molecule has 0 amide bonds. The van der Waals surface area contributed by atoms with E-state index >= 15 is 0 Å². The average molecular weight is 351 g/mol. The van der Waals surface area contributed by atoms with E-state index in [0.29, 0.717) is 16.5 Å². The third kappa shape index (κ3) is 3.12. The highest BCUT2D eigenvalue weighted by Crippen LogP contribution is 2.31. The summed E-state index contributed by atoms with van der Waals surface area (Å²) < 4.78 is 5.84. The van der Waals surface area contributed by atoms with Crippen molar-refractivity contribution in [2.75, 3.05) is 12.4 Å². The second-order valence-electron chi connectivity index (χ2n) is 3.19. The topological polar surface area (TPSA) is 34.2 Å². The molecule has 1 N–H and O–H groups in total. The third-order valence-electron chi connectivity index (χ3n) is 1.79. The molecule has 0 radical (unpaired) electrons. The second kappa shape index (κ2) is 5.54. The van der Waals surface area contributed by atoms with Crippen molar-refractivity contribution >= 4 is 45.6 Å². The number of hydrogen-bond acceptors (Lipinski definition) is 3. The Morgan fingerprint density at radius 3 is 2.69 bits per heavy atom. The number of aromatic nitrogens is 1. The van der Waals surface area contributed by atoms with Gasteiger partial charge in [0, 0.05) is 5.70 Å². The highest BCUT2D eigenvalue weighted by atomic mass is 127. The molecule has 0 bridgehead atoms. The number of allylic oxidation sites excluding steroid dienone is 1. The summed E-state index contributed by atoms with van der Waals surface area (Å²) >= 11 is 8.30. The fraction of sp³-hybridized carbons (Fsp3) is 0.182. The van der Waals surface area contributed by atoms with Crippen molar-refractivity contribution in [2.24, 2.45) is 0 Å². The lowest BCUT2D eigenvalue weighted by atomic mass is 10.3. The third-order valence-corrected chi connectivity index (χ3v) is 2.72. The molecule has 0 aliphatic rings. The molecular formula is C11H12ClIN2O. The Morgan fingerprint density at radius 2 is 2.19 bits per heavy atom. The molecule has 0 aliphatic carbocycles. The summed E-state index contributed by atoms with van der Waals surface area (Å²) in [6.07, 6.45) is 0. The van der Waals surface area contributed by atoms with Crippen LogP contribution in [0.5, 0.6) is 0 Å². The highest BCUT2D eigenvalue weighted by Gasteiger charge is 2.13. The summed E-state index contributed by atoms with van der Waals surface area (Å²) in [5.41, 5.74) is 2.10. The van der Waals surface area contributed by atoms with Crippen molar-refractivity contribution in [3.8, 4) is 0 Å². The van der Waals surface area contributed by atoms with Crippen LogP contribution in [0.1, 0.15) is 12.6 Å². The molecule has 5 heteroatoms. The lowest BCUT2D eigenvalue weighted by Gasteiger charge is -2.12. The molecule has 1 heterocycles. The summed E-state index contributed by atoms with van der Waals surface area (Å²) in [5.74, 6) is 0.438. The van der Waals surface area contributed by atoms with E-state index in [4.69, 9.17) is 16.3 Å². The van der Waals surface area contributed by atoms with Crippen molar-refractivity contribution in [3.05, 3.63) is 39.3 Å². The first-order valence-electron chi connectivity index (χ1n) is 4.47. The Bertz CT molecular complexity index is 446. The predicted octanol–water partition coefficient (Wildman–Crippen LogP) is 3.90. The van der Waals surface area contributed by atoms with Crippen LogP contribution in [0.15, 0.2) is 24.9 Å². The van der Waals surface area contributed by atoms with E-state index in [1.807, 2.05) is 13.0 Å². The molecule has 86 valence electrons. The Hall–Kier alpha value is -0.750. The van der Waals surface area contributed by atoms with Crippen LogP contribution < -0.4 is 5.32 Å². The number of ether oxygens (including phenoxy) is 1. The van der Waals surface area contributed by atoms with Gasteiger partial charge in [0.2, 0.25) is 0 Å². The molecule has 0 unspecified atom stereocenters. The first-order chi connectivity index (χ1) is 7.45. The number of hydrogen-bond donors (Lipinski definition) is 1. The molecule has 16 heavy (non-hydrogen) atoms. The van der Waals surface area contributed by atoms with Gasteiger partial charge in [-0.25, -0.2) is 4.98 Å². The maximum absolute atomic E-state index is 6.19. The van der Waals surface area contributed by atoms with Crippen LogP contribution in [-0.4, -0.2) is 12.1 Å². The van der Waals surface area contributed by atoms with Crippen molar-refractivity contribution in [1.29, 1.82) is 0 Å². The predicted molar refractivity (Wildman–Crippen MR) is 76.4 cm³/mol. The van der Waals surface area contributed by atoms with Gasteiger partial charge in [-0.3, -0.25) is 0 Å². The first-order valence-corrected chi connectivity index (χ1v) is 5.93. The summed E-state index contributed by atoms with van der Waals surface area (Å²) in [5, 5.41) is 3.55. The number of methoxy groups -OCH3 is 1. The average Bonchev–Trinajstić information content (AvgIpc) is 2.21. The molecule has 1 rings (SSSR count). The molecule has 1 aromatic heterocycles. The standard InChI is InChI=1S/C11H12ClIN2O/c1-6(2)14-8-5-9(13)15-11(10(8)12)7(3)16-4/h5H,1,3H2,2,4H3,(H,14,15). The van der Waals surface area contributed by atoms with E-state index in [9.17, 15) is 0 Å². The molecule has 0 saturated carbocycles. The summed E-state index contributed by atoms with van der Waals surface area (Å²) in [4.78, 5) is 4.27. The first kappa shape index (κ1) is 13.3. The van der Waals surface area contributed by atoms with E-state index in [1.54, 1.807) is 0 Å². The van der Waals surface area contributed by atoms with Gasteiger partial charge in [0.1, 0.15) is 15.2 Å². The van der Waals surface area contributed by atoms with Crippen molar-refractivity contribution < 1.29 is 4.74 Å². The van der Waals surface area contributed by atoms with Crippen LogP contribution >= 0.6 is 34.2 Å². The molecule has 0 fully saturated rings. The number of pyridine rings is 1. The van der Waals surface area contributed by atoms with Crippen molar-refractivity contribution in [2.45, 2.75) is 6.92 Å². The molecule has 0 saturated heterocycles. The highest BCUT2D eigenvalue weighted by molar-refractivity contribution is 14.1. The zero-order chi connectivity index (χ0) is 12.3. The normalized spacial score (nSPS) is 9.75. The fourth-order valence-electron chi connectivity index (χ4n) is 1.10. The van der Waals surface area contributed by atoms with Gasteiger partial charge in [0.25, 0.3) is 0 Å². The molecule has 0 spiro atoms. The van der Waals surface area contributed by atoms with E-state index in [2.05, 4.69) is 46.0 Å². The van der Waals surface area contributed by atoms with Gasteiger partial charge in [-0.2, -0.15) is 0 Å². The minimum Gasteiger partial charge on any atom is -0.495 e. The van der Waals surface area contributed by atoms with Gasteiger partial charge in [-0.05, 0) is 35.6 Å². The van der Waals surface area contributed by atoms with Crippen LogP contribution in [-0.2, 0) is 4.74 Å². The van der Waals surface area contributed by atoms with E-state index < -0.39 is 0 Å². The minimum absolute atomic E-state index is 0.438. The maximum atomic E-state index is 6.19. The van der Waals surface area contributed by atoms with Gasteiger partial charge in [0.05, 0.1) is 17.8 Å². The van der Waals surface area contributed by atoms with E-state index in [1.165, 1.54) is 7.11 Å². The second-order valence-corrected chi connectivity index (χ2v) is 4.67. The van der Waals surface area contributed by atoms with Gasteiger partial charge in [-0.15, -0.1) is 0 Å². The minimum atomic E-state index is 0.438. The Balaban J connectivity index is 3.25.